The molecule has 0 heterocycles. The maximum atomic E-state index is 10.5. The first kappa shape index (κ1) is 25.4. The maximum absolute atomic E-state index is 10.5. The lowest BCUT2D eigenvalue weighted by atomic mass is 9.99. The van der Waals surface area contributed by atoms with Crippen molar-refractivity contribution in [3.63, 3.8) is 0 Å². The van der Waals surface area contributed by atoms with Gasteiger partial charge < -0.3 is 19.3 Å². The molecule has 0 spiro atoms. The molecule has 0 aromatic rings. The third-order valence-electron chi connectivity index (χ3n) is 5.16. The van der Waals surface area contributed by atoms with Gasteiger partial charge in [-0.15, -0.1) is 0 Å². The van der Waals surface area contributed by atoms with Crippen molar-refractivity contribution in [2.24, 2.45) is 0 Å². The summed E-state index contributed by atoms with van der Waals surface area (Å²) in [5, 5.41) is 8.68. The van der Waals surface area contributed by atoms with Crippen LogP contribution in [-0.2, 0) is 19.0 Å². The first-order chi connectivity index (χ1) is 12.6. The molecule has 0 aromatic heterocycles. The van der Waals surface area contributed by atoms with Crippen LogP contribution in [0.25, 0.3) is 0 Å². The lowest BCUT2D eigenvalue weighted by molar-refractivity contribution is -0.137. The highest BCUT2D eigenvalue weighted by molar-refractivity contribution is 5.66. The minimum atomic E-state index is -0.717. The standard InChI is InChI=1S/C21H42O5/c1-5-6-7-11-19(25-3)16-17-20(26-4)14-10-13-18(24-2)12-8-9-15-21(22)23/h18-20H,5-17H2,1-4H3,(H,22,23). The summed E-state index contributed by atoms with van der Waals surface area (Å²) in [6.45, 7) is 2.22. The Morgan fingerprint density at radius 3 is 1.54 bits per heavy atom. The summed E-state index contributed by atoms with van der Waals surface area (Å²) in [4.78, 5) is 10.5. The van der Waals surface area contributed by atoms with Crippen molar-refractivity contribution in [3.8, 4) is 0 Å². The summed E-state index contributed by atoms with van der Waals surface area (Å²) < 4.78 is 16.8. The number of rotatable bonds is 19. The summed E-state index contributed by atoms with van der Waals surface area (Å²) in [6.07, 6.45) is 13.8. The van der Waals surface area contributed by atoms with Crippen LogP contribution in [0.15, 0.2) is 0 Å². The third kappa shape index (κ3) is 14.5. The average Bonchev–Trinajstić information content (AvgIpc) is 2.64. The fourth-order valence-electron chi connectivity index (χ4n) is 3.36. The van der Waals surface area contributed by atoms with Gasteiger partial charge in [0.15, 0.2) is 0 Å². The van der Waals surface area contributed by atoms with Gasteiger partial charge in [0.25, 0.3) is 0 Å². The lowest BCUT2D eigenvalue weighted by Crippen LogP contribution is -2.18. The first-order valence-electron chi connectivity index (χ1n) is 10.4. The number of hydrogen-bond donors (Lipinski definition) is 1. The van der Waals surface area contributed by atoms with Crippen molar-refractivity contribution in [1.82, 2.24) is 0 Å². The summed E-state index contributed by atoms with van der Waals surface area (Å²) in [6, 6.07) is 0. The predicted molar refractivity (Wildman–Crippen MR) is 106 cm³/mol. The number of carboxylic acid groups (broad SMARTS) is 1. The van der Waals surface area contributed by atoms with Crippen molar-refractivity contribution in [2.75, 3.05) is 21.3 Å². The monoisotopic (exact) mass is 374 g/mol. The van der Waals surface area contributed by atoms with E-state index in [1.807, 2.05) is 7.11 Å². The van der Waals surface area contributed by atoms with Crippen molar-refractivity contribution in [3.05, 3.63) is 0 Å². The molecule has 0 bridgehead atoms. The van der Waals surface area contributed by atoms with Crippen LogP contribution in [0.3, 0.4) is 0 Å². The molecule has 156 valence electrons. The van der Waals surface area contributed by atoms with Crippen LogP contribution in [-0.4, -0.2) is 50.7 Å². The van der Waals surface area contributed by atoms with Gasteiger partial charge >= 0.3 is 5.97 Å². The molecule has 3 unspecified atom stereocenters. The number of aliphatic carboxylic acids is 1. The smallest absolute Gasteiger partial charge is 0.303 e. The lowest BCUT2D eigenvalue weighted by Gasteiger charge is -2.21. The van der Waals surface area contributed by atoms with Crippen LogP contribution < -0.4 is 0 Å². The van der Waals surface area contributed by atoms with E-state index in [-0.39, 0.29) is 18.6 Å². The number of unbranched alkanes of at least 4 members (excludes halogenated alkanes) is 3. The fourth-order valence-corrected chi connectivity index (χ4v) is 3.36. The van der Waals surface area contributed by atoms with Gasteiger partial charge in [-0.25, -0.2) is 0 Å². The normalized spacial score (nSPS) is 14.9. The van der Waals surface area contributed by atoms with Crippen LogP contribution in [0.4, 0.5) is 0 Å². The fraction of sp³-hybridized carbons (Fsp3) is 0.952. The molecule has 0 saturated heterocycles. The number of carbonyl (C=O) groups is 1. The Bertz CT molecular complexity index is 322. The van der Waals surface area contributed by atoms with Gasteiger partial charge in [-0.2, -0.15) is 0 Å². The Kier molecular flexibility index (Phi) is 17.3. The number of carboxylic acids is 1. The van der Waals surface area contributed by atoms with E-state index in [4.69, 9.17) is 19.3 Å². The van der Waals surface area contributed by atoms with E-state index >= 15 is 0 Å². The SMILES string of the molecule is CCCCCC(CCC(CCCC(CCCCC(=O)O)OC)OC)OC. The second-order valence-corrected chi connectivity index (χ2v) is 7.22. The average molecular weight is 375 g/mol. The van der Waals surface area contributed by atoms with Crippen LogP contribution >= 0.6 is 0 Å². The molecule has 0 amide bonds. The molecule has 5 heteroatoms. The second kappa shape index (κ2) is 17.7. The summed E-state index contributed by atoms with van der Waals surface area (Å²) in [5.74, 6) is -0.717. The van der Waals surface area contributed by atoms with Crippen molar-refractivity contribution >= 4 is 5.97 Å². The molecule has 0 radical (unpaired) electrons. The number of ether oxygens (including phenoxy) is 3. The van der Waals surface area contributed by atoms with E-state index in [0.717, 1.165) is 57.8 Å². The molecule has 0 fully saturated rings. The van der Waals surface area contributed by atoms with E-state index < -0.39 is 5.97 Å². The van der Waals surface area contributed by atoms with Gasteiger partial charge in [-0.3, -0.25) is 4.79 Å². The molecule has 1 N–H and O–H groups in total. The zero-order chi connectivity index (χ0) is 19.6. The highest BCUT2D eigenvalue weighted by atomic mass is 16.5. The molecule has 0 aliphatic carbocycles. The zero-order valence-corrected chi connectivity index (χ0v) is 17.5. The molecule has 0 rings (SSSR count). The largest absolute Gasteiger partial charge is 0.481 e. The van der Waals surface area contributed by atoms with Crippen molar-refractivity contribution < 1.29 is 24.1 Å². The van der Waals surface area contributed by atoms with Gasteiger partial charge in [-0.05, 0) is 51.4 Å². The van der Waals surface area contributed by atoms with E-state index in [9.17, 15) is 4.79 Å². The maximum Gasteiger partial charge on any atom is 0.303 e. The highest BCUT2D eigenvalue weighted by Gasteiger charge is 2.14. The quantitative estimate of drug-likeness (QED) is 0.315. The molecule has 5 nitrogen and oxygen atoms in total. The molecule has 26 heavy (non-hydrogen) atoms. The molecule has 0 saturated carbocycles. The predicted octanol–water partition coefficient (Wildman–Crippen LogP) is 5.21. The van der Waals surface area contributed by atoms with Crippen molar-refractivity contribution in [2.45, 2.75) is 109 Å². The summed E-state index contributed by atoms with van der Waals surface area (Å²) >= 11 is 0. The van der Waals surface area contributed by atoms with Crippen LogP contribution in [0.2, 0.25) is 0 Å². The summed E-state index contributed by atoms with van der Waals surface area (Å²) in [7, 11) is 5.35. The van der Waals surface area contributed by atoms with E-state index in [2.05, 4.69) is 6.92 Å². The van der Waals surface area contributed by atoms with Gasteiger partial charge in [-0.1, -0.05) is 32.6 Å². The molecular formula is C21H42O5. The van der Waals surface area contributed by atoms with E-state index in [1.165, 1.54) is 19.3 Å². The van der Waals surface area contributed by atoms with Crippen LogP contribution in [0.5, 0.6) is 0 Å². The Hall–Kier alpha value is -0.650. The van der Waals surface area contributed by atoms with E-state index in [0.29, 0.717) is 6.10 Å². The minimum absolute atomic E-state index is 0.224. The Morgan fingerprint density at radius 2 is 1.12 bits per heavy atom. The molecule has 3 atom stereocenters. The number of hydrogen-bond acceptors (Lipinski definition) is 4. The minimum Gasteiger partial charge on any atom is -0.481 e. The Morgan fingerprint density at radius 1 is 0.692 bits per heavy atom. The van der Waals surface area contributed by atoms with Crippen molar-refractivity contribution in [1.29, 1.82) is 0 Å². The Labute approximate surface area is 160 Å². The third-order valence-corrected chi connectivity index (χ3v) is 5.16. The van der Waals surface area contributed by atoms with Gasteiger partial charge in [0.2, 0.25) is 0 Å². The van der Waals surface area contributed by atoms with Gasteiger partial charge in [0, 0.05) is 27.8 Å². The summed E-state index contributed by atoms with van der Waals surface area (Å²) in [5.41, 5.74) is 0. The van der Waals surface area contributed by atoms with Gasteiger partial charge in [0.05, 0.1) is 18.3 Å². The first-order valence-corrected chi connectivity index (χ1v) is 10.4. The van der Waals surface area contributed by atoms with Crippen LogP contribution in [0.1, 0.15) is 90.4 Å². The zero-order valence-electron chi connectivity index (χ0n) is 17.5. The number of methoxy groups -OCH3 is 3. The van der Waals surface area contributed by atoms with Crippen LogP contribution in [0, 0.1) is 0 Å². The topological polar surface area (TPSA) is 65.0 Å². The van der Waals surface area contributed by atoms with E-state index in [1.54, 1.807) is 14.2 Å². The molecule has 0 aromatic carbocycles. The Balaban J connectivity index is 3.94. The van der Waals surface area contributed by atoms with Gasteiger partial charge in [0.1, 0.15) is 0 Å². The second-order valence-electron chi connectivity index (χ2n) is 7.22. The molecule has 0 aliphatic heterocycles. The molecular weight excluding hydrogens is 332 g/mol. The highest BCUT2D eigenvalue weighted by Crippen LogP contribution is 2.19. The molecule has 0 aliphatic rings.